The van der Waals surface area contributed by atoms with Crippen LogP contribution in [0.1, 0.15) is 25.0 Å². The van der Waals surface area contributed by atoms with Crippen LogP contribution in [0.2, 0.25) is 0 Å². The van der Waals surface area contributed by atoms with Crippen molar-refractivity contribution < 1.29 is 9.47 Å². The van der Waals surface area contributed by atoms with Crippen LogP contribution in [0.3, 0.4) is 0 Å². The molecular weight excluding hydrogens is 721 g/mol. The van der Waals surface area contributed by atoms with E-state index in [4.69, 9.17) is 19.4 Å². The van der Waals surface area contributed by atoms with E-state index >= 15 is 0 Å². The Hall–Kier alpha value is -7.56. The Kier molecular flexibility index (Phi) is 7.24. The molecule has 0 bridgehead atoms. The van der Waals surface area contributed by atoms with Crippen LogP contribution in [0, 0.1) is 0 Å². The van der Waals surface area contributed by atoms with Crippen molar-refractivity contribution in [3.05, 3.63) is 193 Å². The van der Waals surface area contributed by atoms with Crippen molar-refractivity contribution in [1.29, 1.82) is 0 Å². The second-order valence-corrected chi connectivity index (χ2v) is 16.1. The zero-order chi connectivity index (χ0) is 39.2. The van der Waals surface area contributed by atoms with Crippen molar-refractivity contribution in [2.24, 2.45) is 0 Å². The standard InChI is InChI=1S/C55H36N2O2/c1-55(2)46-23-13-12-21-42(46)45-30-52-53(31-47(45)55)58-50-27-25-34(29-51(50)59-52)36-16-6-11-22-43(36)49-32-48(56-54(57-49)33-14-4-3-5-15-33)35-24-26-41-39-19-8-7-17-37(39)38-18-9-10-20-40(38)44(41)28-35/h3-32H,1-2H3. The summed E-state index contributed by atoms with van der Waals surface area (Å²) < 4.78 is 13.3. The van der Waals surface area contributed by atoms with Crippen LogP contribution in [-0.2, 0) is 5.41 Å². The first-order valence-corrected chi connectivity index (χ1v) is 20.1. The van der Waals surface area contributed by atoms with Crippen molar-refractivity contribution in [2.45, 2.75) is 19.3 Å². The van der Waals surface area contributed by atoms with Crippen LogP contribution in [0.5, 0.6) is 23.0 Å². The van der Waals surface area contributed by atoms with E-state index in [0.717, 1.165) is 50.7 Å². The average molecular weight is 757 g/mol. The Morgan fingerprint density at radius 2 is 0.898 bits per heavy atom. The molecule has 1 aliphatic heterocycles. The molecule has 9 aromatic carbocycles. The van der Waals surface area contributed by atoms with Gasteiger partial charge in [-0.2, -0.15) is 0 Å². The molecule has 1 aliphatic carbocycles. The molecule has 0 fully saturated rings. The molecule has 0 saturated heterocycles. The topological polar surface area (TPSA) is 44.2 Å². The van der Waals surface area contributed by atoms with Crippen LogP contribution in [0.25, 0.3) is 88.5 Å². The highest BCUT2D eigenvalue weighted by molar-refractivity contribution is 6.25. The van der Waals surface area contributed by atoms with Gasteiger partial charge in [0.05, 0.1) is 11.4 Å². The largest absolute Gasteiger partial charge is 0.450 e. The number of nitrogens with zero attached hydrogens (tertiary/aromatic N) is 2. The van der Waals surface area contributed by atoms with Crippen molar-refractivity contribution in [1.82, 2.24) is 9.97 Å². The maximum absolute atomic E-state index is 6.69. The molecule has 0 N–H and O–H groups in total. The Morgan fingerprint density at radius 1 is 0.339 bits per heavy atom. The second kappa shape index (κ2) is 12.7. The number of ether oxygens (including phenoxy) is 2. The summed E-state index contributed by atoms with van der Waals surface area (Å²) in [5, 5.41) is 7.41. The van der Waals surface area contributed by atoms with E-state index in [9.17, 15) is 0 Å². The molecule has 0 spiro atoms. The summed E-state index contributed by atoms with van der Waals surface area (Å²) >= 11 is 0. The van der Waals surface area contributed by atoms with Gasteiger partial charge >= 0.3 is 0 Å². The highest BCUT2D eigenvalue weighted by atomic mass is 16.6. The minimum Gasteiger partial charge on any atom is -0.450 e. The summed E-state index contributed by atoms with van der Waals surface area (Å²) in [6, 6.07) is 64.1. The Balaban J connectivity index is 0.979. The first-order chi connectivity index (χ1) is 29.0. The van der Waals surface area contributed by atoms with Gasteiger partial charge in [0.2, 0.25) is 0 Å². The zero-order valence-corrected chi connectivity index (χ0v) is 32.5. The van der Waals surface area contributed by atoms with Gasteiger partial charge in [-0.3, -0.25) is 0 Å². The summed E-state index contributed by atoms with van der Waals surface area (Å²) in [6.07, 6.45) is 0. The third-order valence-corrected chi connectivity index (χ3v) is 12.3. The van der Waals surface area contributed by atoms with Gasteiger partial charge in [-0.25, -0.2) is 9.97 Å². The second-order valence-electron chi connectivity index (χ2n) is 16.1. The van der Waals surface area contributed by atoms with Gasteiger partial charge in [-0.05, 0) is 102 Å². The Bertz CT molecular complexity index is 3330. The molecule has 0 saturated carbocycles. The van der Waals surface area contributed by atoms with E-state index in [1.165, 1.54) is 54.6 Å². The molecule has 4 heteroatoms. The highest BCUT2D eigenvalue weighted by Gasteiger charge is 2.37. The fraction of sp³-hybridized carbons (Fsp3) is 0.0545. The maximum Gasteiger partial charge on any atom is 0.170 e. The maximum atomic E-state index is 6.69. The zero-order valence-electron chi connectivity index (χ0n) is 32.5. The van der Waals surface area contributed by atoms with Gasteiger partial charge < -0.3 is 9.47 Å². The lowest BCUT2D eigenvalue weighted by Crippen LogP contribution is -2.15. The third kappa shape index (κ3) is 5.23. The van der Waals surface area contributed by atoms with Crippen molar-refractivity contribution in [3.63, 3.8) is 0 Å². The molecule has 10 aromatic rings. The molecule has 0 unspecified atom stereocenters. The monoisotopic (exact) mass is 756 g/mol. The van der Waals surface area contributed by atoms with Crippen molar-refractivity contribution in [3.8, 4) is 79.2 Å². The lowest BCUT2D eigenvalue weighted by molar-refractivity contribution is 0.359. The summed E-state index contributed by atoms with van der Waals surface area (Å²) in [5.41, 5.74) is 11.6. The highest BCUT2D eigenvalue weighted by Crippen LogP contribution is 2.55. The summed E-state index contributed by atoms with van der Waals surface area (Å²) in [6.45, 7) is 4.56. The number of benzene rings is 9. The Morgan fingerprint density at radius 3 is 1.66 bits per heavy atom. The number of hydrogen-bond acceptors (Lipinski definition) is 4. The number of aromatic nitrogens is 2. The number of fused-ring (bicyclic) bond motifs is 11. The van der Waals surface area contributed by atoms with Gasteiger partial charge in [-0.15, -0.1) is 0 Å². The fourth-order valence-electron chi connectivity index (χ4n) is 9.42. The average Bonchev–Trinajstić information content (AvgIpc) is 3.52. The van der Waals surface area contributed by atoms with E-state index in [2.05, 4.69) is 172 Å². The van der Waals surface area contributed by atoms with Gasteiger partial charge in [0.25, 0.3) is 0 Å². The van der Waals surface area contributed by atoms with E-state index in [1.807, 2.05) is 24.3 Å². The first-order valence-electron chi connectivity index (χ1n) is 20.1. The van der Waals surface area contributed by atoms with E-state index in [0.29, 0.717) is 17.3 Å². The lowest BCUT2D eigenvalue weighted by Gasteiger charge is -2.25. The van der Waals surface area contributed by atoms with E-state index in [-0.39, 0.29) is 5.41 Å². The predicted octanol–water partition coefficient (Wildman–Crippen LogP) is 14.8. The normalized spacial score (nSPS) is 13.3. The molecule has 2 heterocycles. The smallest absolute Gasteiger partial charge is 0.170 e. The Labute approximate surface area is 342 Å². The molecule has 2 aliphatic rings. The summed E-state index contributed by atoms with van der Waals surface area (Å²) in [5.74, 6) is 3.51. The fourth-order valence-corrected chi connectivity index (χ4v) is 9.42. The van der Waals surface area contributed by atoms with Crippen LogP contribution in [-0.4, -0.2) is 9.97 Å². The van der Waals surface area contributed by atoms with Gasteiger partial charge in [-0.1, -0.05) is 159 Å². The minimum atomic E-state index is -0.128. The molecule has 1 aromatic heterocycles. The molecular formula is C55H36N2O2. The van der Waals surface area contributed by atoms with Crippen LogP contribution < -0.4 is 9.47 Å². The van der Waals surface area contributed by atoms with E-state index in [1.54, 1.807) is 0 Å². The van der Waals surface area contributed by atoms with Gasteiger partial charge in [0, 0.05) is 22.1 Å². The van der Waals surface area contributed by atoms with Crippen molar-refractivity contribution >= 4 is 32.3 Å². The molecule has 12 rings (SSSR count). The van der Waals surface area contributed by atoms with Crippen LogP contribution >= 0.6 is 0 Å². The SMILES string of the molecule is CC1(C)c2ccccc2-c2cc3c(cc21)Oc1ccc(-c2ccccc2-c2cc(-c4ccc5c6ccccc6c6ccccc6c5c4)nc(-c4ccccc4)n2)cc1O3. The molecule has 0 atom stereocenters. The van der Waals surface area contributed by atoms with Gasteiger partial charge in [0.15, 0.2) is 28.8 Å². The minimum absolute atomic E-state index is 0.128. The van der Waals surface area contributed by atoms with Gasteiger partial charge in [0.1, 0.15) is 0 Å². The first kappa shape index (κ1) is 33.6. The third-order valence-electron chi connectivity index (χ3n) is 12.3. The molecule has 0 amide bonds. The van der Waals surface area contributed by atoms with Crippen molar-refractivity contribution in [2.75, 3.05) is 0 Å². The van der Waals surface area contributed by atoms with E-state index < -0.39 is 0 Å². The molecule has 278 valence electrons. The molecule has 0 radical (unpaired) electrons. The number of rotatable bonds is 4. The molecule has 59 heavy (non-hydrogen) atoms. The lowest BCUT2D eigenvalue weighted by atomic mass is 9.82. The van der Waals surface area contributed by atoms with Crippen LogP contribution in [0.4, 0.5) is 0 Å². The molecule has 4 nitrogen and oxygen atoms in total. The summed E-state index contributed by atoms with van der Waals surface area (Å²) in [7, 11) is 0. The van der Waals surface area contributed by atoms with Crippen LogP contribution in [0.15, 0.2) is 182 Å². The number of hydrogen-bond donors (Lipinski definition) is 0. The predicted molar refractivity (Wildman–Crippen MR) is 240 cm³/mol. The quantitative estimate of drug-likeness (QED) is 0.168. The summed E-state index contributed by atoms with van der Waals surface area (Å²) in [4.78, 5) is 10.5.